The lowest BCUT2D eigenvalue weighted by molar-refractivity contribution is 0.249. The van der Waals surface area contributed by atoms with E-state index in [-0.39, 0.29) is 6.03 Å². The monoisotopic (exact) mass is 389 g/mol. The van der Waals surface area contributed by atoms with Crippen LogP contribution in [0.5, 0.6) is 0 Å². The SMILES string of the molecule is Cc1nc(C(NC(=O)Nc2cccc(-c3nnnn3C)c2)c2ccccc2)n[nH]1. The highest BCUT2D eigenvalue weighted by atomic mass is 16.2. The fraction of sp³-hybridized carbons (Fsp3) is 0.158. The number of aryl methyl sites for hydroxylation is 2. The van der Waals surface area contributed by atoms with Gasteiger partial charge in [-0.1, -0.05) is 42.5 Å². The first kappa shape index (κ1) is 18.3. The average Bonchev–Trinajstić information content (AvgIpc) is 3.35. The van der Waals surface area contributed by atoms with E-state index in [2.05, 4.69) is 41.3 Å². The van der Waals surface area contributed by atoms with E-state index in [4.69, 9.17) is 0 Å². The Bertz CT molecular complexity index is 1120. The van der Waals surface area contributed by atoms with Gasteiger partial charge in [0.25, 0.3) is 0 Å². The molecule has 2 heterocycles. The van der Waals surface area contributed by atoms with Crippen LogP contribution in [0.1, 0.15) is 23.3 Å². The number of urea groups is 1. The Hall–Kier alpha value is -4.08. The minimum atomic E-state index is -0.493. The van der Waals surface area contributed by atoms with Gasteiger partial charge >= 0.3 is 6.03 Å². The number of nitrogens with zero attached hydrogens (tertiary/aromatic N) is 6. The Morgan fingerprint density at radius 3 is 2.66 bits per heavy atom. The van der Waals surface area contributed by atoms with Crippen molar-refractivity contribution in [2.75, 3.05) is 5.32 Å². The van der Waals surface area contributed by atoms with Crippen molar-refractivity contribution in [3.05, 3.63) is 71.8 Å². The standard InChI is InChI=1S/C19H19N9O/c1-12-20-17(24-23-12)16(13-7-4-3-5-8-13)22-19(29)21-15-10-6-9-14(11-15)18-25-26-27-28(18)2/h3-11,16H,1-2H3,(H,20,23,24)(H2,21,22,29). The number of carbonyl (C=O) groups is 1. The van der Waals surface area contributed by atoms with E-state index in [1.807, 2.05) is 49.4 Å². The number of hydrogen-bond donors (Lipinski definition) is 3. The number of anilines is 1. The first-order chi connectivity index (χ1) is 14.1. The van der Waals surface area contributed by atoms with Crippen LogP contribution in [0.4, 0.5) is 10.5 Å². The van der Waals surface area contributed by atoms with Gasteiger partial charge in [0.15, 0.2) is 11.6 Å². The van der Waals surface area contributed by atoms with Crippen LogP contribution in [-0.2, 0) is 7.05 Å². The second kappa shape index (κ2) is 7.89. The molecule has 4 rings (SSSR count). The fourth-order valence-electron chi connectivity index (χ4n) is 2.94. The van der Waals surface area contributed by atoms with E-state index < -0.39 is 6.04 Å². The Balaban J connectivity index is 1.54. The zero-order valence-electron chi connectivity index (χ0n) is 15.9. The largest absolute Gasteiger partial charge is 0.324 e. The van der Waals surface area contributed by atoms with E-state index in [9.17, 15) is 4.79 Å². The van der Waals surface area contributed by atoms with Crippen molar-refractivity contribution in [3.8, 4) is 11.4 Å². The molecule has 2 amide bonds. The Labute approximate surface area is 166 Å². The lowest BCUT2D eigenvalue weighted by atomic mass is 10.1. The lowest BCUT2D eigenvalue weighted by Crippen LogP contribution is -2.33. The van der Waals surface area contributed by atoms with Crippen LogP contribution in [0.2, 0.25) is 0 Å². The number of hydrogen-bond acceptors (Lipinski definition) is 6. The molecule has 0 aliphatic heterocycles. The van der Waals surface area contributed by atoms with Gasteiger partial charge in [0.05, 0.1) is 0 Å². The molecular weight excluding hydrogens is 370 g/mol. The maximum absolute atomic E-state index is 12.7. The number of amides is 2. The summed E-state index contributed by atoms with van der Waals surface area (Å²) in [6, 6.07) is 16.0. The van der Waals surface area contributed by atoms with Crippen LogP contribution in [0.3, 0.4) is 0 Å². The van der Waals surface area contributed by atoms with Gasteiger partial charge < -0.3 is 10.6 Å². The summed E-state index contributed by atoms with van der Waals surface area (Å²) < 4.78 is 1.57. The molecular formula is C19H19N9O. The van der Waals surface area contributed by atoms with Crippen LogP contribution in [0.15, 0.2) is 54.6 Å². The van der Waals surface area contributed by atoms with Gasteiger partial charge in [-0.3, -0.25) is 5.10 Å². The molecule has 0 saturated carbocycles. The summed E-state index contributed by atoms with van der Waals surface area (Å²) in [6.45, 7) is 1.81. The summed E-state index contributed by atoms with van der Waals surface area (Å²) in [5, 5.41) is 24.3. The molecule has 146 valence electrons. The number of aromatic amines is 1. The highest BCUT2D eigenvalue weighted by molar-refractivity contribution is 5.90. The third-order valence-electron chi connectivity index (χ3n) is 4.28. The topological polar surface area (TPSA) is 126 Å². The van der Waals surface area contributed by atoms with Crippen molar-refractivity contribution >= 4 is 11.7 Å². The average molecular weight is 389 g/mol. The number of benzene rings is 2. The van der Waals surface area contributed by atoms with Gasteiger partial charge in [-0.05, 0) is 35.0 Å². The van der Waals surface area contributed by atoms with Crippen LogP contribution in [0, 0.1) is 6.92 Å². The van der Waals surface area contributed by atoms with Crippen molar-refractivity contribution in [2.45, 2.75) is 13.0 Å². The first-order valence-corrected chi connectivity index (χ1v) is 8.94. The van der Waals surface area contributed by atoms with Gasteiger partial charge in [-0.15, -0.1) is 5.10 Å². The van der Waals surface area contributed by atoms with Crippen molar-refractivity contribution in [1.82, 2.24) is 40.7 Å². The van der Waals surface area contributed by atoms with Crippen molar-refractivity contribution in [1.29, 1.82) is 0 Å². The van der Waals surface area contributed by atoms with E-state index in [0.29, 0.717) is 23.2 Å². The summed E-state index contributed by atoms with van der Waals surface area (Å²) >= 11 is 0. The summed E-state index contributed by atoms with van der Waals surface area (Å²) in [6.07, 6.45) is 0. The minimum Gasteiger partial charge on any atom is -0.324 e. The summed E-state index contributed by atoms with van der Waals surface area (Å²) in [5.41, 5.74) is 2.28. The maximum atomic E-state index is 12.7. The number of carbonyl (C=O) groups excluding carboxylic acids is 1. The van der Waals surface area contributed by atoms with E-state index in [1.54, 1.807) is 23.9 Å². The zero-order valence-corrected chi connectivity index (χ0v) is 15.9. The molecule has 1 unspecified atom stereocenters. The number of H-pyrrole nitrogens is 1. The second-order valence-electron chi connectivity index (χ2n) is 6.43. The summed E-state index contributed by atoms with van der Waals surface area (Å²) in [5.74, 6) is 1.77. The quantitative estimate of drug-likeness (QED) is 0.480. The molecule has 2 aromatic carbocycles. The van der Waals surface area contributed by atoms with E-state index >= 15 is 0 Å². The van der Waals surface area contributed by atoms with Gasteiger partial charge in [0, 0.05) is 18.3 Å². The smallest absolute Gasteiger partial charge is 0.320 e. The predicted octanol–water partition coefficient (Wildman–Crippen LogP) is 2.21. The highest BCUT2D eigenvalue weighted by Gasteiger charge is 2.21. The molecule has 2 aromatic heterocycles. The molecule has 0 fully saturated rings. The third kappa shape index (κ3) is 4.10. The fourth-order valence-corrected chi connectivity index (χ4v) is 2.94. The molecule has 10 nitrogen and oxygen atoms in total. The number of rotatable bonds is 5. The van der Waals surface area contributed by atoms with Crippen LogP contribution < -0.4 is 10.6 Å². The van der Waals surface area contributed by atoms with Crippen LogP contribution >= 0.6 is 0 Å². The Morgan fingerprint density at radius 1 is 1.14 bits per heavy atom. The zero-order chi connectivity index (χ0) is 20.2. The van der Waals surface area contributed by atoms with Crippen molar-refractivity contribution in [3.63, 3.8) is 0 Å². The molecule has 4 aromatic rings. The van der Waals surface area contributed by atoms with E-state index in [1.165, 1.54) is 0 Å². The van der Waals surface area contributed by atoms with Gasteiger partial charge in [0.2, 0.25) is 0 Å². The predicted molar refractivity (Wildman–Crippen MR) is 106 cm³/mol. The first-order valence-electron chi connectivity index (χ1n) is 8.94. The molecule has 0 spiro atoms. The molecule has 29 heavy (non-hydrogen) atoms. The lowest BCUT2D eigenvalue weighted by Gasteiger charge is -2.17. The molecule has 0 bridgehead atoms. The highest BCUT2D eigenvalue weighted by Crippen LogP contribution is 2.21. The van der Waals surface area contributed by atoms with Crippen LogP contribution in [-0.4, -0.2) is 41.4 Å². The Morgan fingerprint density at radius 2 is 1.97 bits per heavy atom. The Kier molecular flexibility index (Phi) is 4.97. The third-order valence-corrected chi connectivity index (χ3v) is 4.28. The number of aromatic nitrogens is 7. The second-order valence-corrected chi connectivity index (χ2v) is 6.43. The molecule has 10 heteroatoms. The van der Waals surface area contributed by atoms with Gasteiger partial charge in [0.1, 0.15) is 11.9 Å². The van der Waals surface area contributed by atoms with Crippen LogP contribution in [0.25, 0.3) is 11.4 Å². The molecule has 0 aliphatic carbocycles. The molecule has 0 radical (unpaired) electrons. The molecule has 0 saturated heterocycles. The maximum Gasteiger partial charge on any atom is 0.320 e. The molecule has 3 N–H and O–H groups in total. The summed E-state index contributed by atoms with van der Waals surface area (Å²) in [7, 11) is 1.76. The molecule has 1 atom stereocenters. The van der Waals surface area contributed by atoms with Gasteiger partial charge in [-0.2, -0.15) is 5.10 Å². The van der Waals surface area contributed by atoms with Gasteiger partial charge in [-0.25, -0.2) is 14.5 Å². The molecule has 0 aliphatic rings. The van der Waals surface area contributed by atoms with Crippen molar-refractivity contribution < 1.29 is 4.79 Å². The van der Waals surface area contributed by atoms with Crippen molar-refractivity contribution in [2.24, 2.45) is 7.05 Å². The minimum absolute atomic E-state index is 0.380. The number of nitrogens with one attached hydrogen (secondary N) is 3. The number of tetrazole rings is 1. The summed E-state index contributed by atoms with van der Waals surface area (Å²) in [4.78, 5) is 17.1. The normalized spacial score (nSPS) is 11.8. The van der Waals surface area contributed by atoms with E-state index in [0.717, 1.165) is 11.1 Å².